The number of methoxy groups -OCH3 is 1. The first-order chi connectivity index (χ1) is 7.10. The van der Waals surface area contributed by atoms with Crippen molar-refractivity contribution < 1.29 is 14.3 Å². The van der Waals surface area contributed by atoms with E-state index < -0.39 is 0 Å². The van der Waals surface area contributed by atoms with Crippen molar-refractivity contribution in [2.24, 2.45) is 0 Å². The summed E-state index contributed by atoms with van der Waals surface area (Å²) < 4.78 is 5.06. The quantitative estimate of drug-likeness (QED) is 0.247. The first-order valence-electron chi connectivity index (χ1n) is 4.43. The second-order valence-corrected chi connectivity index (χ2v) is 3.16. The molecule has 0 N–H and O–H groups in total. The van der Waals surface area contributed by atoms with Crippen molar-refractivity contribution in [1.29, 1.82) is 0 Å². The van der Waals surface area contributed by atoms with Crippen molar-refractivity contribution in [2.45, 2.75) is 6.92 Å². The average Bonchev–Trinajstić information content (AvgIpc) is 2.26. The zero-order valence-electron chi connectivity index (χ0n) is 8.74. The van der Waals surface area contributed by atoms with E-state index >= 15 is 0 Å². The van der Waals surface area contributed by atoms with E-state index in [0.29, 0.717) is 17.6 Å². The summed E-state index contributed by atoms with van der Waals surface area (Å²) in [5.74, 6) is 0.360. The highest BCUT2D eigenvalue weighted by molar-refractivity contribution is 6.19. The minimum absolute atomic E-state index is 0.0421. The molecule has 0 unspecified atom stereocenters. The molecule has 0 amide bonds. The zero-order chi connectivity index (χ0) is 11.4. The third-order valence-electron chi connectivity index (χ3n) is 2.09. The number of hydrogen-bond acceptors (Lipinski definition) is 3. The summed E-state index contributed by atoms with van der Waals surface area (Å²) in [4.78, 5) is 21.9. The van der Waals surface area contributed by atoms with Gasteiger partial charge in [-0.15, -0.1) is 0 Å². The lowest BCUT2D eigenvalue weighted by Crippen LogP contribution is -2.03. The van der Waals surface area contributed by atoms with Gasteiger partial charge in [0.05, 0.1) is 12.7 Å². The number of hydrogen-bond donors (Lipinski definition) is 0. The fourth-order valence-corrected chi connectivity index (χ4v) is 1.26. The van der Waals surface area contributed by atoms with Gasteiger partial charge in [-0.25, -0.2) is 0 Å². The third-order valence-corrected chi connectivity index (χ3v) is 2.09. The molecule has 0 bridgehead atoms. The van der Waals surface area contributed by atoms with Gasteiger partial charge in [0, 0.05) is 5.56 Å². The number of benzene rings is 1. The highest BCUT2D eigenvalue weighted by Crippen LogP contribution is 2.19. The van der Waals surface area contributed by atoms with Crippen LogP contribution in [-0.4, -0.2) is 19.2 Å². The van der Waals surface area contributed by atoms with Crippen LogP contribution in [0.2, 0.25) is 0 Å². The van der Waals surface area contributed by atoms with Gasteiger partial charge in [0.25, 0.3) is 0 Å². The van der Waals surface area contributed by atoms with Crippen molar-refractivity contribution in [3.63, 3.8) is 0 Å². The first kappa shape index (κ1) is 11.2. The lowest BCUT2D eigenvalue weighted by atomic mass is 10.0. The molecule has 0 fully saturated rings. The highest BCUT2D eigenvalue weighted by Gasteiger charge is 2.10. The number of aldehydes is 1. The van der Waals surface area contributed by atoms with Crippen LogP contribution in [0.15, 0.2) is 30.4 Å². The molecule has 0 aliphatic rings. The molecular formula is C12H12O3. The molecule has 0 heterocycles. The number of ketones is 1. The second kappa shape index (κ2) is 4.55. The Hall–Kier alpha value is -1.90. The van der Waals surface area contributed by atoms with Crippen molar-refractivity contribution in [3.05, 3.63) is 41.5 Å². The number of allylic oxidation sites excluding steroid dienone is 1. The maximum Gasteiger partial charge on any atom is 0.195 e. The lowest BCUT2D eigenvalue weighted by Gasteiger charge is -2.06. The van der Waals surface area contributed by atoms with E-state index in [2.05, 4.69) is 6.58 Å². The molecule has 0 aromatic heterocycles. The Kier molecular flexibility index (Phi) is 3.39. The van der Waals surface area contributed by atoms with Crippen LogP contribution in [0.4, 0.5) is 0 Å². The second-order valence-electron chi connectivity index (χ2n) is 3.16. The standard InChI is InChI=1S/C12H12O3/c1-8-6-10(4-5-11(8)15-3)12(14)9(2)7-13/h4-7H,2H2,1,3H3. The maximum absolute atomic E-state index is 11.6. The van der Waals surface area contributed by atoms with Crippen LogP contribution in [0, 0.1) is 6.92 Å². The predicted molar refractivity (Wildman–Crippen MR) is 57.3 cm³/mol. The number of rotatable bonds is 4. The van der Waals surface area contributed by atoms with Gasteiger partial charge in [0.15, 0.2) is 12.1 Å². The van der Waals surface area contributed by atoms with Gasteiger partial charge in [0.2, 0.25) is 0 Å². The average molecular weight is 204 g/mol. The monoisotopic (exact) mass is 204 g/mol. The van der Waals surface area contributed by atoms with Crippen molar-refractivity contribution in [1.82, 2.24) is 0 Å². The molecule has 78 valence electrons. The third kappa shape index (κ3) is 2.31. The summed E-state index contributed by atoms with van der Waals surface area (Å²) in [6.07, 6.45) is 0.460. The zero-order valence-corrected chi connectivity index (χ0v) is 8.74. The highest BCUT2D eigenvalue weighted by atomic mass is 16.5. The molecule has 15 heavy (non-hydrogen) atoms. The Morgan fingerprint density at radius 3 is 2.60 bits per heavy atom. The van der Waals surface area contributed by atoms with E-state index in [-0.39, 0.29) is 11.4 Å². The lowest BCUT2D eigenvalue weighted by molar-refractivity contribution is -0.104. The van der Waals surface area contributed by atoms with Crippen LogP contribution in [0.5, 0.6) is 5.75 Å². The molecule has 3 nitrogen and oxygen atoms in total. The van der Waals surface area contributed by atoms with Crippen molar-refractivity contribution in [3.8, 4) is 5.75 Å². The van der Waals surface area contributed by atoms with Gasteiger partial charge < -0.3 is 4.74 Å². The van der Waals surface area contributed by atoms with E-state index in [1.165, 1.54) is 0 Å². The Balaban J connectivity index is 3.07. The minimum Gasteiger partial charge on any atom is -0.496 e. The van der Waals surface area contributed by atoms with Gasteiger partial charge in [-0.2, -0.15) is 0 Å². The van der Waals surface area contributed by atoms with Crippen LogP contribution in [0.1, 0.15) is 15.9 Å². The van der Waals surface area contributed by atoms with Gasteiger partial charge in [-0.3, -0.25) is 9.59 Å². The fourth-order valence-electron chi connectivity index (χ4n) is 1.26. The molecular weight excluding hydrogens is 192 g/mol. The largest absolute Gasteiger partial charge is 0.496 e. The smallest absolute Gasteiger partial charge is 0.195 e. The van der Waals surface area contributed by atoms with Crippen LogP contribution in [-0.2, 0) is 4.79 Å². The number of carbonyl (C=O) groups excluding carboxylic acids is 2. The van der Waals surface area contributed by atoms with Crippen molar-refractivity contribution in [2.75, 3.05) is 7.11 Å². The Bertz CT molecular complexity index is 419. The van der Waals surface area contributed by atoms with Gasteiger partial charge in [0.1, 0.15) is 5.75 Å². The molecule has 3 heteroatoms. The Morgan fingerprint density at radius 2 is 2.13 bits per heavy atom. The number of aryl methyl sites for hydroxylation is 1. The van der Waals surface area contributed by atoms with Gasteiger partial charge in [-0.1, -0.05) is 6.58 Å². The molecule has 0 saturated carbocycles. The summed E-state index contributed by atoms with van der Waals surface area (Å²) in [5, 5.41) is 0. The molecule has 0 atom stereocenters. The fraction of sp³-hybridized carbons (Fsp3) is 0.167. The molecule has 1 aromatic carbocycles. The molecule has 0 saturated heterocycles. The summed E-state index contributed by atoms with van der Waals surface area (Å²) >= 11 is 0. The summed E-state index contributed by atoms with van der Waals surface area (Å²) in [7, 11) is 1.56. The molecule has 0 aliphatic carbocycles. The molecule has 0 aliphatic heterocycles. The van der Waals surface area contributed by atoms with Crippen LogP contribution in [0.25, 0.3) is 0 Å². The van der Waals surface area contributed by atoms with E-state index in [9.17, 15) is 9.59 Å². The summed E-state index contributed by atoms with van der Waals surface area (Å²) in [6, 6.07) is 4.99. The maximum atomic E-state index is 11.6. The van der Waals surface area contributed by atoms with Gasteiger partial charge >= 0.3 is 0 Å². The topological polar surface area (TPSA) is 43.4 Å². The van der Waals surface area contributed by atoms with E-state index in [0.717, 1.165) is 5.56 Å². The number of carbonyl (C=O) groups is 2. The van der Waals surface area contributed by atoms with E-state index in [1.54, 1.807) is 25.3 Å². The summed E-state index contributed by atoms with van der Waals surface area (Å²) in [6.45, 7) is 5.21. The molecule has 1 aromatic rings. The molecule has 0 spiro atoms. The predicted octanol–water partition coefficient (Wildman–Crippen LogP) is 1.94. The normalized spacial score (nSPS) is 9.47. The Morgan fingerprint density at radius 1 is 1.47 bits per heavy atom. The number of ether oxygens (including phenoxy) is 1. The van der Waals surface area contributed by atoms with Crippen LogP contribution >= 0.6 is 0 Å². The van der Waals surface area contributed by atoms with Crippen molar-refractivity contribution >= 4 is 12.1 Å². The molecule has 0 radical (unpaired) electrons. The minimum atomic E-state index is -0.351. The summed E-state index contributed by atoms with van der Waals surface area (Å²) in [5.41, 5.74) is 1.26. The van der Waals surface area contributed by atoms with Gasteiger partial charge in [-0.05, 0) is 30.7 Å². The van der Waals surface area contributed by atoms with Crippen LogP contribution in [0.3, 0.4) is 0 Å². The molecule has 1 rings (SSSR count). The van der Waals surface area contributed by atoms with E-state index in [1.807, 2.05) is 6.92 Å². The Labute approximate surface area is 88.4 Å². The number of Topliss-reactive ketones (excluding diaryl/α,β-unsaturated/α-hetero) is 1. The van der Waals surface area contributed by atoms with Crippen LogP contribution < -0.4 is 4.74 Å². The first-order valence-corrected chi connectivity index (χ1v) is 4.43. The van der Waals surface area contributed by atoms with E-state index in [4.69, 9.17) is 4.74 Å². The SMILES string of the molecule is C=C(C=O)C(=O)c1ccc(OC)c(C)c1.